The van der Waals surface area contributed by atoms with Crippen LogP contribution in [0.2, 0.25) is 0 Å². The van der Waals surface area contributed by atoms with Crippen molar-refractivity contribution in [2.45, 2.75) is 24.4 Å². The highest BCUT2D eigenvalue weighted by Gasteiger charge is 2.11. The maximum atomic E-state index is 10.5. The van der Waals surface area contributed by atoms with Crippen LogP contribution >= 0.6 is 11.8 Å². The fourth-order valence-electron chi connectivity index (χ4n) is 1.06. The zero-order chi connectivity index (χ0) is 12.3. The monoisotopic (exact) mass is 256 g/mol. The highest BCUT2D eigenvalue weighted by molar-refractivity contribution is 7.98. The summed E-state index contributed by atoms with van der Waals surface area (Å²) in [5.41, 5.74) is 0. The third-order valence-electron chi connectivity index (χ3n) is 1.68. The maximum absolute atomic E-state index is 10.5. The summed E-state index contributed by atoms with van der Waals surface area (Å²) in [5, 5.41) is 23.4. The summed E-state index contributed by atoms with van der Waals surface area (Å²) in [6.45, 7) is 1.41. The average Bonchev–Trinajstić information content (AvgIpc) is 2.84. The number of hydrogen-bond acceptors (Lipinski definition) is 8. The molecule has 2 rings (SSSR count). The van der Waals surface area contributed by atoms with Crippen molar-refractivity contribution in [1.29, 1.82) is 0 Å². The Morgan fingerprint density at radius 2 is 2.41 bits per heavy atom. The predicted octanol–water partition coefficient (Wildman–Crippen LogP) is -0.259. The van der Waals surface area contributed by atoms with E-state index in [1.165, 1.54) is 16.4 Å². The molecule has 0 radical (unpaired) electrons. The lowest BCUT2D eigenvalue weighted by Crippen LogP contribution is -2.11. The van der Waals surface area contributed by atoms with Crippen molar-refractivity contribution >= 4 is 17.7 Å². The summed E-state index contributed by atoms with van der Waals surface area (Å²) in [5.74, 6) is 0.398. The fourth-order valence-corrected chi connectivity index (χ4v) is 1.78. The zero-order valence-corrected chi connectivity index (χ0v) is 9.59. The number of aryl methyl sites for hydroxylation is 1. The first-order valence-electron chi connectivity index (χ1n) is 4.55. The van der Waals surface area contributed by atoms with Crippen LogP contribution in [0, 0.1) is 6.92 Å². The molecule has 0 spiro atoms. The van der Waals surface area contributed by atoms with E-state index in [1.807, 2.05) is 0 Å². The molecule has 1 N–H and O–H groups in total. The Balaban J connectivity index is 1.99. The molecule has 0 fully saturated rings. The minimum atomic E-state index is -1.01. The molecule has 17 heavy (non-hydrogen) atoms. The van der Waals surface area contributed by atoms with Gasteiger partial charge in [-0.15, -0.1) is 5.10 Å². The quantitative estimate of drug-likeness (QED) is 0.721. The number of thioether (sulfide) groups is 1. The number of nitrogens with zero attached hydrogens (tertiary/aromatic N) is 6. The van der Waals surface area contributed by atoms with E-state index in [0.717, 1.165) is 0 Å². The molecule has 0 saturated heterocycles. The predicted molar refractivity (Wildman–Crippen MR) is 54.0 cm³/mol. The van der Waals surface area contributed by atoms with Gasteiger partial charge >= 0.3 is 5.97 Å². The number of aromatic nitrogens is 6. The van der Waals surface area contributed by atoms with Gasteiger partial charge < -0.3 is 9.63 Å². The minimum Gasteiger partial charge on any atom is -0.480 e. The van der Waals surface area contributed by atoms with Gasteiger partial charge in [0.05, 0.1) is 5.75 Å². The number of carboxylic acid groups (broad SMARTS) is 1. The molecule has 0 bridgehead atoms. The SMILES string of the molecule is Cc1nc(CSc2nnnn2CC(=O)O)no1. The van der Waals surface area contributed by atoms with Crippen LogP contribution in [-0.2, 0) is 17.1 Å². The Morgan fingerprint density at radius 1 is 1.59 bits per heavy atom. The summed E-state index contributed by atoms with van der Waals surface area (Å²) >= 11 is 1.24. The van der Waals surface area contributed by atoms with Gasteiger partial charge in [0, 0.05) is 6.92 Å². The normalized spacial score (nSPS) is 10.6. The van der Waals surface area contributed by atoms with Gasteiger partial charge in [-0.2, -0.15) is 4.98 Å². The third kappa shape index (κ3) is 3.00. The molecular formula is C7H8N6O3S. The van der Waals surface area contributed by atoms with Gasteiger partial charge in [-0.05, 0) is 10.4 Å². The number of carboxylic acids is 1. The number of tetrazole rings is 1. The van der Waals surface area contributed by atoms with Crippen LogP contribution in [-0.4, -0.2) is 41.4 Å². The Labute approximate surface area is 99.2 Å². The molecule has 90 valence electrons. The Hall–Kier alpha value is -1.97. The molecule has 2 aromatic heterocycles. The van der Waals surface area contributed by atoms with Gasteiger partial charge in [-0.1, -0.05) is 16.9 Å². The van der Waals surface area contributed by atoms with E-state index in [2.05, 4.69) is 25.7 Å². The van der Waals surface area contributed by atoms with Crippen molar-refractivity contribution in [2.75, 3.05) is 0 Å². The van der Waals surface area contributed by atoms with Gasteiger partial charge in [0.15, 0.2) is 5.82 Å². The second kappa shape index (κ2) is 4.91. The summed E-state index contributed by atoms with van der Waals surface area (Å²) in [6.07, 6.45) is 0. The molecule has 0 aliphatic rings. The van der Waals surface area contributed by atoms with Crippen molar-refractivity contribution in [3.05, 3.63) is 11.7 Å². The Morgan fingerprint density at radius 3 is 3.06 bits per heavy atom. The van der Waals surface area contributed by atoms with E-state index in [1.54, 1.807) is 6.92 Å². The highest BCUT2D eigenvalue weighted by atomic mass is 32.2. The van der Waals surface area contributed by atoms with Crippen molar-refractivity contribution in [3.8, 4) is 0 Å². The van der Waals surface area contributed by atoms with Crippen molar-refractivity contribution in [1.82, 2.24) is 30.3 Å². The summed E-state index contributed by atoms with van der Waals surface area (Å²) in [6, 6.07) is 0. The zero-order valence-electron chi connectivity index (χ0n) is 8.77. The van der Waals surface area contributed by atoms with Gasteiger partial charge in [0.25, 0.3) is 0 Å². The molecule has 0 amide bonds. The van der Waals surface area contributed by atoms with Crippen LogP contribution < -0.4 is 0 Å². The summed E-state index contributed by atoms with van der Waals surface area (Å²) in [7, 11) is 0. The first-order valence-corrected chi connectivity index (χ1v) is 5.53. The van der Waals surface area contributed by atoms with E-state index in [4.69, 9.17) is 9.63 Å². The molecular weight excluding hydrogens is 248 g/mol. The largest absolute Gasteiger partial charge is 0.480 e. The number of aliphatic carboxylic acids is 1. The average molecular weight is 256 g/mol. The summed E-state index contributed by atoms with van der Waals surface area (Å²) < 4.78 is 6.00. The smallest absolute Gasteiger partial charge is 0.325 e. The van der Waals surface area contributed by atoms with Crippen molar-refractivity contribution in [2.24, 2.45) is 0 Å². The molecule has 0 atom stereocenters. The first kappa shape index (κ1) is 11.5. The Bertz CT molecular complexity index is 523. The maximum Gasteiger partial charge on any atom is 0.325 e. The molecule has 0 aliphatic heterocycles. The number of carbonyl (C=O) groups is 1. The van der Waals surface area contributed by atoms with Crippen LogP contribution in [0.4, 0.5) is 0 Å². The van der Waals surface area contributed by atoms with Crippen molar-refractivity contribution in [3.63, 3.8) is 0 Å². The second-order valence-corrected chi connectivity index (χ2v) is 3.97. The van der Waals surface area contributed by atoms with Crippen molar-refractivity contribution < 1.29 is 14.4 Å². The molecule has 2 heterocycles. The lowest BCUT2D eigenvalue weighted by Gasteiger charge is -1.98. The molecule has 0 saturated carbocycles. The van der Waals surface area contributed by atoms with Gasteiger partial charge in [-0.25, -0.2) is 4.68 Å². The van der Waals surface area contributed by atoms with E-state index >= 15 is 0 Å². The molecule has 9 nitrogen and oxygen atoms in total. The van der Waals surface area contributed by atoms with Gasteiger partial charge in [0.2, 0.25) is 11.0 Å². The van der Waals surface area contributed by atoms with E-state index in [0.29, 0.717) is 22.6 Å². The standard InChI is InChI=1S/C7H8N6O3S/c1-4-8-5(10-16-4)3-17-7-9-11-12-13(7)2-6(14)15/h2-3H2,1H3,(H,14,15). The van der Waals surface area contributed by atoms with E-state index < -0.39 is 5.97 Å². The van der Waals surface area contributed by atoms with Crippen LogP contribution in [0.15, 0.2) is 9.68 Å². The number of hydrogen-bond donors (Lipinski definition) is 1. The molecule has 10 heteroatoms. The minimum absolute atomic E-state index is 0.277. The van der Waals surface area contributed by atoms with Gasteiger partial charge in [-0.3, -0.25) is 4.79 Å². The van der Waals surface area contributed by atoms with E-state index in [-0.39, 0.29) is 6.54 Å². The van der Waals surface area contributed by atoms with Crippen LogP contribution in [0.25, 0.3) is 0 Å². The number of rotatable bonds is 5. The molecule has 0 aromatic carbocycles. The Kier molecular flexibility index (Phi) is 3.32. The van der Waals surface area contributed by atoms with Crippen LogP contribution in [0.3, 0.4) is 0 Å². The highest BCUT2D eigenvalue weighted by Crippen LogP contribution is 2.17. The first-order chi connectivity index (χ1) is 8.15. The molecule has 0 aliphatic carbocycles. The summed E-state index contributed by atoms with van der Waals surface area (Å²) in [4.78, 5) is 14.5. The molecule has 2 aromatic rings. The third-order valence-corrected chi connectivity index (χ3v) is 2.64. The van der Waals surface area contributed by atoms with Crippen LogP contribution in [0.5, 0.6) is 0 Å². The fraction of sp³-hybridized carbons (Fsp3) is 0.429. The van der Waals surface area contributed by atoms with Crippen LogP contribution in [0.1, 0.15) is 11.7 Å². The topological polar surface area (TPSA) is 120 Å². The molecule has 0 unspecified atom stereocenters. The lowest BCUT2D eigenvalue weighted by molar-refractivity contribution is -0.138. The van der Waals surface area contributed by atoms with E-state index in [9.17, 15) is 4.79 Å². The second-order valence-electron chi connectivity index (χ2n) is 3.03. The lowest BCUT2D eigenvalue weighted by atomic mass is 10.7. The van der Waals surface area contributed by atoms with Gasteiger partial charge in [0.1, 0.15) is 6.54 Å².